The first kappa shape index (κ1) is 19.5. The van der Waals surface area contributed by atoms with Gasteiger partial charge >= 0.3 is 6.18 Å². The fourth-order valence-electron chi connectivity index (χ4n) is 2.11. The summed E-state index contributed by atoms with van der Waals surface area (Å²) in [5.74, 6) is -1.04. The number of likely N-dealkylation sites (N-methyl/N-ethyl adjacent to an activating group) is 1. The summed E-state index contributed by atoms with van der Waals surface area (Å²) < 4.78 is 39.7. The lowest BCUT2D eigenvalue weighted by Crippen LogP contribution is -2.37. The van der Waals surface area contributed by atoms with Gasteiger partial charge in [-0.05, 0) is 47.1 Å². The van der Waals surface area contributed by atoms with Crippen molar-refractivity contribution >= 4 is 44.8 Å². The maximum atomic E-state index is 13.0. The quantitative estimate of drug-likeness (QED) is 0.745. The van der Waals surface area contributed by atoms with E-state index in [1.807, 2.05) is 0 Å². The molecule has 0 bridgehead atoms. The molecule has 2 amide bonds. The molecule has 4 nitrogen and oxygen atoms in total. The molecule has 0 spiro atoms. The molecule has 0 saturated heterocycles. The molecule has 134 valence electrons. The number of carbonyl (C=O) groups is 2. The number of carbonyl (C=O) groups excluding carboxylic acids is 2. The van der Waals surface area contributed by atoms with E-state index in [1.54, 1.807) is 19.1 Å². The van der Waals surface area contributed by atoms with Crippen LogP contribution in [0, 0.1) is 0 Å². The van der Waals surface area contributed by atoms with Crippen LogP contribution in [-0.4, -0.2) is 29.8 Å². The van der Waals surface area contributed by atoms with Gasteiger partial charge in [-0.15, -0.1) is 11.3 Å². The number of amides is 2. The number of alkyl halides is 3. The van der Waals surface area contributed by atoms with Crippen molar-refractivity contribution in [3.05, 3.63) is 50.6 Å². The molecule has 2 aromatic rings. The van der Waals surface area contributed by atoms with Crippen LogP contribution in [0.5, 0.6) is 0 Å². The number of nitrogens with one attached hydrogen (secondary N) is 1. The predicted octanol–water partition coefficient (Wildman–Crippen LogP) is 4.63. The second-order valence-corrected chi connectivity index (χ2v) is 7.48. The van der Waals surface area contributed by atoms with Crippen LogP contribution in [0.3, 0.4) is 0 Å². The maximum absolute atomic E-state index is 13.0. The van der Waals surface area contributed by atoms with Gasteiger partial charge in [-0.2, -0.15) is 13.2 Å². The number of halogens is 4. The van der Waals surface area contributed by atoms with Crippen molar-refractivity contribution in [3.63, 3.8) is 0 Å². The summed E-state index contributed by atoms with van der Waals surface area (Å²) in [4.78, 5) is 26.2. The van der Waals surface area contributed by atoms with Crippen molar-refractivity contribution < 1.29 is 22.8 Å². The van der Waals surface area contributed by atoms with Crippen LogP contribution in [0.15, 0.2) is 40.2 Å². The minimum atomic E-state index is -4.58. The molecule has 0 aliphatic heterocycles. The highest BCUT2D eigenvalue weighted by molar-refractivity contribution is 9.11. The fraction of sp³-hybridized carbons (Fsp3) is 0.250. The second kappa shape index (κ2) is 8.01. The molecule has 0 unspecified atom stereocenters. The number of rotatable bonds is 5. The van der Waals surface area contributed by atoms with Gasteiger partial charge in [0.25, 0.3) is 5.91 Å². The van der Waals surface area contributed by atoms with Gasteiger partial charge in [0.1, 0.15) is 6.54 Å². The molecular formula is C16H14BrF3N2O2S. The second-order valence-electron chi connectivity index (χ2n) is 5.01. The number of benzene rings is 1. The van der Waals surface area contributed by atoms with Gasteiger partial charge in [-0.25, -0.2) is 0 Å². The summed E-state index contributed by atoms with van der Waals surface area (Å²) in [5, 5.41) is 2.23. The summed E-state index contributed by atoms with van der Waals surface area (Å²) in [6.45, 7) is 1.61. The lowest BCUT2D eigenvalue weighted by molar-refractivity contribution is -0.137. The molecule has 1 heterocycles. The van der Waals surface area contributed by atoms with Gasteiger partial charge in [0.2, 0.25) is 5.91 Å². The molecule has 25 heavy (non-hydrogen) atoms. The van der Waals surface area contributed by atoms with Crippen molar-refractivity contribution in [1.82, 2.24) is 4.90 Å². The van der Waals surface area contributed by atoms with Crippen molar-refractivity contribution in [2.75, 3.05) is 18.4 Å². The lowest BCUT2D eigenvalue weighted by atomic mass is 10.1. The van der Waals surface area contributed by atoms with E-state index in [4.69, 9.17) is 0 Å². The molecule has 0 radical (unpaired) electrons. The Labute approximate surface area is 154 Å². The first-order valence-corrected chi connectivity index (χ1v) is 8.84. The van der Waals surface area contributed by atoms with Gasteiger partial charge in [0.15, 0.2) is 0 Å². The van der Waals surface area contributed by atoms with Gasteiger partial charge in [-0.1, -0.05) is 12.1 Å². The average Bonchev–Trinajstić information content (AvgIpc) is 2.98. The number of nitrogens with zero attached hydrogens (tertiary/aromatic N) is 1. The highest BCUT2D eigenvalue weighted by Gasteiger charge is 2.33. The van der Waals surface area contributed by atoms with Crippen LogP contribution in [0.1, 0.15) is 22.2 Å². The molecule has 1 N–H and O–H groups in total. The monoisotopic (exact) mass is 434 g/mol. The van der Waals surface area contributed by atoms with E-state index < -0.39 is 17.6 Å². The molecule has 1 aromatic heterocycles. The van der Waals surface area contributed by atoms with Crippen molar-refractivity contribution in [2.45, 2.75) is 13.1 Å². The Morgan fingerprint density at radius 3 is 2.44 bits per heavy atom. The Bertz CT molecular complexity index is 777. The third-order valence-electron chi connectivity index (χ3n) is 3.29. The Kier molecular flexibility index (Phi) is 6.23. The Morgan fingerprint density at radius 2 is 1.88 bits per heavy atom. The Hall–Kier alpha value is -1.87. The van der Waals surface area contributed by atoms with Gasteiger partial charge in [-0.3, -0.25) is 9.59 Å². The Balaban J connectivity index is 2.10. The summed E-state index contributed by atoms with van der Waals surface area (Å²) >= 11 is 4.48. The molecule has 0 saturated carbocycles. The van der Waals surface area contributed by atoms with E-state index in [-0.39, 0.29) is 24.7 Å². The summed E-state index contributed by atoms with van der Waals surface area (Å²) in [7, 11) is 0. The highest BCUT2D eigenvalue weighted by atomic mass is 79.9. The SMILES string of the molecule is CCN(CC(=O)Nc1ccccc1C(F)(F)F)C(=O)c1ccc(Br)s1. The van der Waals surface area contributed by atoms with E-state index in [2.05, 4.69) is 21.2 Å². The lowest BCUT2D eigenvalue weighted by Gasteiger charge is -2.20. The van der Waals surface area contributed by atoms with Crippen molar-refractivity contribution in [2.24, 2.45) is 0 Å². The standard InChI is InChI=1S/C16H14BrF3N2O2S/c1-2-22(15(24)12-7-8-13(17)25-12)9-14(23)21-11-6-4-3-5-10(11)16(18,19)20/h3-8H,2,9H2,1H3,(H,21,23). The largest absolute Gasteiger partial charge is 0.418 e. The van der Waals surface area contributed by atoms with E-state index >= 15 is 0 Å². The number of hydrogen-bond donors (Lipinski definition) is 1. The third kappa shape index (κ3) is 5.05. The molecule has 0 aliphatic rings. The summed E-state index contributed by atoms with van der Waals surface area (Å²) in [6.07, 6.45) is -4.58. The van der Waals surface area contributed by atoms with Crippen LogP contribution in [0.4, 0.5) is 18.9 Å². The minimum Gasteiger partial charge on any atom is -0.329 e. The minimum absolute atomic E-state index is 0.253. The first-order valence-electron chi connectivity index (χ1n) is 7.23. The zero-order valence-corrected chi connectivity index (χ0v) is 15.5. The van der Waals surface area contributed by atoms with Crippen molar-refractivity contribution in [3.8, 4) is 0 Å². The highest BCUT2D eigenvalue weighted by Crippen LogP contribution is 2.34. The molecular weight excluding hydrogens is 421 g/mol. The fourth-order valence-corrected chi connectivity index (χ4v) is 3.47. The molecule has 9 heteroatoms. The predicted molar refractivity (Wildman–Crippen MR) is 93.7 cm³/mol. The van der Waals surface area contributed by atoms with E-state index in [9.17, 15) is 22.8 Å². The van der Waals surface area contributed by atoms with Gasteiger partial charge in [0.05, 0.1) is 19.9 Å². The number of para-hydroxylation sites is 1. The first-order chi connectivity index (χ1) is 11.7. The average molecular weight is 435 g/mol. The number of thiophene rings is 1. The van der Waals surface area contributed by atoms with Crippen LogP contribution in [0.25, 0.3) is 0 Å². The molecule has 0 fully saturated rings. The zero-order valence-electron chi connectivity index (χ0n) is 13.1. The molecule has 0 aliphatic carbocycles. The summed E-state index contributed by atoms with van der Waals surface area (Å²) in [6, 6.07) is 8.05. The topological polar surface area (TPSA) is 49.4 Å². The van der Waals surface area contributed by atoms with Crippen LogP contribution < -0.4 is 5.32 Å². The number of hydrogen-bond acceptors (Lipinski definition) is 3. The van der Waals surface area contributed by atoms with Gasteiger partial charge < -0.3 is 10.2 Å². The van der Waals surface area contributed by atoms with E-state index in [0.29, 0.717) is 4.88 Å². The van der Waals surface area contributed by atoms with Crippen LogP contribution in [-0.2, 0) is 11.0 Å². The van der Waals surface area contributed by atoms with Crippen LogP contribution >= 0.6 is 27.3 Å². The summed E-state index contributed by atoms with van der Waals surface area (Å²) in [5.41, 5.74) is -1.26. The van der Waals surface area contributed by atoms with Gasteiger partial charge in [0, 0.05) is 6.54 Å². The van der Waals surface area contributed by atoms with E-state index in [1.165, 1.54) is 34.4 Å². The third-order valence-corrected chi connectivity index (χ3v) is 4.91. The molecule has 2 rings (SSSR count). The number of anilines is 1. The van der Waals surface area contributed by atoms with Crippen molar-refractivity contribution in [1.29, 1.82) is 0 Å². The van der Waals surface area contributed by atoms with E-state index in [0.717, 1.165) is 9.85 Å². The van der Waals surface area contributed by atoms with Crippen LogP contribution in [0.2, 0.25) is 0 Å². The Morgan fingerprint density at radius 1 is 1.20 bits per heavy atom. The zero-order chi connectivity index (χ0) is 18.6. The molecule has 0 atom stereocenters. The maximum Gasteiger partial charge on any atom is 0.418 e. The normalized spacial score (nSPS) is 11.2. The smallest absolute Gasteiger partial charge is 0.329 e. The molecule has 1 aromatic carbocycles.